The van der Waals surface area contributed by atoms with Crippen LogP contribution < -0.4 is 10.5 Å². The van der Waals surface area contributed by atoms with Crippen LogP contribution in [0.25, 0.3) is 0 Å². The average Bonchev–Trinajstić information content (AvgIpc) is 2.69. The van der Waals surface area contributed by atoms with Crippen molar-refractivity contribution >= 4 is 15.8 Å². The summed E-state index contributed by atoms with van der Waals surface area (Å²) in [6.07, 6.45) is 1.44. The molecule has 0 radical (unpaired) electrons. The number of rotatable bonds is 6. The van der Waals surface area contributed by atoms with Crippen molar-refractivity contribution in [3.05, 3.63) is 6.20 Å². The number of nitrogen functional groups attached to an aromatic ring is 1. The van der Waals surface area contributed by atoms with E-state index in [-0.39, 0.29) is 16.3 Å². The maximum Gasteiger partial charge on any atom is 0.245 e. The van der Waals surface area contributed by atoms with Gasteiger partial charge in [-0.15, -0.1) is 0 Å². The molecule has 0 aliphatic heterocycles. The van der Waals surface area contributed by atoms with Crippen LogP contribution in [0.5, 0.6) is 0 Å². The van der Waals surface area contributed by atoms with Gasteiger partial charge in [-0.1, -0.05) is 0 Å². The molecule has 0 saturated heterocycles. The summed E-state index contributed by atoms with van der Waals surface area (Å²) < 4.78 is 28.5. The topological polar surface area (TPSA) is 93.2 Å². The number of nitrogens with zero attached hydrogens (tertiary/aromatic N) is 3. The van der Waals surface area contributed by atoms with Gasteiger partial charge in [-0.2, -0.15) is 5.10 Å². The lowest BCUT2D eigenvalue weighted by Gasteiger charge is -2.32. The van der Waals surface area contributed by atoms with E-state index in [2.05, 4.69) is 9.82 Å². The Morgan fingerprint density at radius 3 is 2.47 bits per heavy atom. The zero-order chi connectivity index (χ0) is 14.8. The molecule has 0 unspecified atom stereocenters. The fourth-order valence-electron chi connectivity index (χ4n) is 1.29. The van der Waals surface area contributed by atoms with Crippen molar-refractivity contribution in [2.24, 2.45) is 0 Å². The zero-order valence-electron chi connectivity index (χ0n) is 12.1. The molecule has 7 nitrogen and oxygen atoms in total. The number of aromatic nitrogens is 2. The van der Waals surface area contributed by atoms with Gasteiger partial charge in [-0.25, -0.2) is 13.1 Å². The lowest BCUT2D eigenvalue weighted by atomic mass is 10.1. The number of hydrogen-bond acceptors (Lipinski definition) is 5. The molecule has 0 aliphatic rings. The van der Waals surface area contributed by atoms with E-state index < -0.39 is 10.0 Å². The minimum Gasteiger partial charge on any atom is -0.381 e. The summed E-state index contributed by atoms with van der Waals surface area (Å²) in [6, 6.07) is 0. The van der Waals surface area contributed by atoms with Crippen molar-refractivity contribution in [3.8, 4) is 0 Å². The van der Waals surface area contributed by atoms with Crippen LogP contribution in [0.3, 0.4) is 0 Å². The first-order valence-corrected chi connectivity index (χ1v) is 7.58. The van der Waals surface area contributed by atoms with E-state index in [1.807, 2.05) is 39.8 Å². The molecule has 1 aromatic heterocycles. The fourth-order valence-corrected chi connectivity index (χ4v) is 2.57. The van der Waals surface area contributed by atoms with E-state index in [1.54, 1.807) is 0 Å². The summed E-state index contributed by atoms with van der Waals surface area (Å²) in [7, 11) is 0.169. The number of sulfonamides is 1. The predicted octanol–water partition coefficient (Wildman–Crippen LogP) is 0.104. The lowest BCUT2D eigenvalue weighted by molar-refractivity contribution is 0.199. The highest BCUT2D eigenvalue weighted by atomic mass is 32.2. The van der Waals surface area contributed by atoms with E-state index in [0.717, 1.165) is 0 Å². The SMILES string of the molecule is CCn1cc(S(=O)(=O)NCC(C)(C)N(C)C)c(N)n1. The van der Waals surface area contributed by atoms with Gasteiger partial charge in [0.2, 0.25) is 10.0 Å². The van der Waals surface area contributed by atoms with Crippen LogP contribution in [-0.4, -0.2) is 49.3 Å². The minimum absolute atomic E-state index is 0.0250. The predicted molar refractivity (Wildman–Crippen MR) is 75.3 cm³/mol. The molecule has 110 valence electrons. The molecule has 0 amide bonds. The van der Waals surface area contributed by atoms with Crippen LogP contribution in [0.2, 0.25) is 0 Å². The molecule has 0 spiro atoms. The molecule has 8 heteroatoms. The Labute approximate surface area is 114 Å². The summed E-state index contributed by atoms with van der Waals surface area (Å²) in [5.74, 6) is 0.0250. The molecule has 0 fully saturated rings. The second-order valence-electron chi connectivity index (χ2n) is 5.27. The highest BCUT2D eigenvalue weighted by Gasteiger charge is 2.26. The number of nitrogens with two attached hydrogens (primary N) is 1. The minimum atomic E-state index is -3.63. The standard InChI is InChI=1S/C11H23N5O2S/c1-6-16-7-9(10(12)14-16)19(17,18)13-8-11(2,3)15(4)5/h7,13H,6,8H2,1-5H3,(H2,12,14). The summed E-state index contributed by atoms with van der Waals surface area (Å²) in [5.41, 5.74) is 5.35. The van der Waals surface area contributed by atoms with Gasteiger partial charge in [-0.3, -0.25) is 4.68 Å². The van der Waals surface area contributed by atoms with Gasteiger partial charge >= 0.3 is 0 Å². The van der Waals surface area contributed by atoms with Crippen LogP contribution in [0.1, 0.15) is 20.8 Å². The Hall–Kier alpha value is -1.12. The maximum absolute atomic E-state index is 12.2. The van der Waals surface area contributed by atoms with E-state index in [0.29, 0.717) is 13.1 Å². The number of hydrogen-bond donors (Lipinski definition) is 2. The Kier molecular flexibility index (Phi) is 4.59. The monoisotopic (exact) mass is 289 g/mol. The van der Waals surface area contributed by atoms with Crippen LogP contribution in [-0.2, 0) is 16.6 Å². The largest absolute Gasteiger partial charge is 0.381 e. The fraction of sp³-hybridized carbons (Fsp3) is 0.727. The van der Waals surface area contributed by atoms with E-state index in [4.69, 9.17) is 5.73 Å². The van der Waals surface area contributed by atoms with Crippen molar-refractivity contribution in [1.82, 2.24) is 19.4 Å². The molecular weight excluding hydrogens is 266 g/mol. The number of anilines is 1. The Morgan fingerprint density at radius 1 is 1.47 bits per heavy atom. The molecule has 0 bridgehead atoms. The second kappa shape index (κ2) is 5.48. The molecule has 0 atom stereocenters. The second-order valence-corrected chi connectivity index (χ2v) is 7.00. The van der Waals surface area contributed by atoms with Gasteiger partial charge in [-0.05, 0) is 34.9 Å². The number of likely N-dealkylation sites (N-methyl/N-ethyl adjacent to an activating group) is 1. The molecule has 1 heterocycles. The summed E-state index contributed by atoms with van der Waals surface area (Å²) in [5, 5.41) is 3.94. The van der Waals surface area contributed by atoms with Gasteiger partial charge < -0.3 is 10.6 Å². The first-order chi connectivity index (χ1) is 8.60. The van der Waals surface area contributed by atoms with Crippen molar-refractivity contribution in [3.63, 3.8) is 0 Å². The highest BCUT2D eigenvalue weighted by molar-refractivity contribution is 7.89. The molecule has 0 aromatic carbocycles. The average molecular weight is 289 g/mol. The summed E-state index contributed by atoms with van der Waals surface area (Å²) in [4.78, 5) is 1.98. The van der Waals surface area contributed by atoms with Gasteiger partial charge in [0.1, 0.15) is 4.90 Å². The molecule has 3 N–H and O–H groups in total. The van der Waals surface area contributed by atoms with Gasteiger partial charge in [0.25, 0.3) is 0 Å². The van der Waals surface area contributed by atoms with E-state index >= 15 is 0 Å². The first kappa shape index (κ1) is 15.9. The molecule has 0 saturated carbocycles. The smallest absolute Gasteiger partial charge is 0.245 e. The number of aryl methyl sites for hydroxylation is 1. The van der Waals surface area contributed by atoms with Crippen molar-refractivity contribution in [2.75, 3.05) is 26.4 Å². The third-order valence-corrected chi connectivity index (χ3v) is 4.69. The molecule has 1 rings (SSSR count). The zero-order valence-corrected chi connectivity index (χ0v) is 13.0. The maximum atomic E-state index is 12.2. The van der Waals surface area contributed by atoms with Crippen molar-refractivity contribution < 1.29 is 8.42 Å². The van der Waals surface area contributed by atoms with Gasteiger partial charge in [0.15, 0.2) is 5.82 Å². The lowest BCUT2D eigenvalue weighted by Crippen LogP contribution is -2.48. The van der Waals surface area contributed by atoms with Crippen LogP contribution in [0.4, 0.5) is 5.82 Å². The van der Waals surface area contributed by atoms with Crippen molar-refractivity contribution in [2.45, 2.75) is 37.8 Å². The Morgan fingerprint density at radius 2 is 2.05 bits per heavy atom. The van der Waals surface area contributed by atoms with Crippen LogP contribution in [0, 0.1) is 0 Å². The van der Waals surface area contributed by atoms with Crippen LogP contribution >= 0.6 is 0 Å². The van der Waals surface area contributed by atoms with Gasteiger partial charge in [0.05, 0.1) is 0 Å². The molecule has 0 aliphatic carbocycles. The summed E-state index contributed by atoms with van der Waals surface area (Å²) in [6.45, 7) is 6.64. The van der Waals surface area contributed by atoms with E-state index in [1.165, 1.54) is 10.9 Å². The highest BCUT2D eigenvalue weighted by Crippen LogP contribution is 2.17. The summed E-state index contributed by atoms with van der Waals surface area (Å²) >= 11 is 0. The Bertz CT molecular complexity index is 533. The normalized spacial score (nSPS) is 13.2. The Balaban J connectivity index is 2.90. The molecular formula is C11H23N5O2S. The third kappa shape index (κ3) is 3.68. The van der Waals surface area contributed by atoms with Crippen LogP contribution in [0.15, 0.2) is 11.1 Å². The first-order valence-electron chi connectivity index (χ1n) is 6.10. The van der Waals surface area contributed by atoms with E-state index in [9.17, 15) is 8.42 Å². The molecule has 19 heavy (non-hydrogen) atoms. The van der Waals surface area contributed by atoms with Crippen molar-refractivity contribution in [1.29, 1.82) is 0 Å². The molecule has 1 aromatic rings. The third-order valence-electron chi connectivity index (χ3n) is 3.27. The quantitative estimate of drug-likeness (QED) is 0.775. The number of nitrogens with one attached hydrogen (secondary N) is 1. The van der Waals surface area contributed by atoms with Gasteiger partial charge in [0, 0.05) is 24.8 Å².